The molecular formula is C25H25N5O3. The minimum Gasteiger partial charge on any atom is -0.488 e. The molecule has 2 bridgehead atoms. The van der Waals surface area contributed by atoms with Crippen LogP contribution in [0.1, 0.15) is 41.4 Å². The van der Waals surface area contributed by atoms with Gasteiger partial charge in [0.25, 0.3) is 5.91 Å². The number of nitrogens with zero attached hydrogens (tertiary/aromatic N) is 4. The number of hydrogen-bond acceptors (Lipinski definition) is 5. The highest BCUT2D eigenvalue weighted by molar-refractivity contribution is 6.05. The number of carbonyl (C=O) groups is 1. The Morgan fingerprint density at radius 1 is 1.21 bits per heavy atom. The van der Waals surface area contributed by atoms with Crippen LogP contribution in [0.25, 0.3) is 5.65 Å². The number of aryl methyl sites for hydroxylation is 1. The number of benzene rings is 1. The van der Waals surface area contributed by atoms with E-state index in [1.807, 2.05) is 47.0 Å². The summed E-state index contributed by atoms with van der Waals surface area (Å²) in [6.45, 7) is 3.20. The quantitative estimate of drug-likeness (QED) is 0.491. The largest absolute Gasteiger partial charge is 0.488 e. The van der Waals surface area contributed by atoms with Crippen LogP contribution in [0.4, 0.5) is 5.82 Å². The lowest BCUT2D eigenvalue weighted by molar-refractivity contribution is 0.0154. The third-order valence-electron chi connectivity index (χ3n) is 6.66. The Kier molecular flexibility index (Phi) is 4.35. The predicted octanol–water partition coefficient (Wildman–Crippen LogP) is 3.72. The van der Waals surface area contributed by atoms with E-state index < -0.39 is 0 Å². The highest BCUT2D eigenvalue weighted by atomic mass is 16.5. The number of imidazole rings is 1. The van der Waals surface area contributed by atoms with Gasteiger partial charge in [-0.3, -0.25) is 9.48 Å². The van der Waals surface area contributed by atoms with Crippen molar-refractivity contribution < 1.29 is 14.3 Å². The van der Waals surface area contributed by atoms with Gasteiger partial charge in [-0.15, -0.1) is 0 Å². The Hall–Kier alpha value is -3.65. The molecule has 2 saturated heterocycles. The molecule has 8 heteroatoms. The van der Waals surface area contributed by atoms with Crippen LogP contribution in [0.5, 0.6) is 5.75 Å². The fourth-order valence-electron chi connectivity index (χ4n) is 5.11. The summed E-state index contributed by atoms with van der Waals surface area (Å²) in [4.78, 5) is 18.1. The van der Waals surface area contributed by atoms with Crippen molar-refractivity contribution in [1.29, 1.82) is 0 Å². The molecule has 8 nitrogen and oxygen atoms in total. The van der Waals surface area contributed by atoms with Crippen molar-refractivity contribution in [2.75, 3.05) is 11.9 Å². The molecule has 1 saturated carbocycles. The molecule has 168 valence electrons. The van der Waals surface area contributed by atoms with Gasteiger partial charge in [0.2, 0.25) is 0 Å². The smallest absolute Gasteiger partial charge is 0.262 e. The van der Waals surface area contributed by atoms with E-state index in [-0.39, 0.29) is 16.9 Å². The first-order chi connectivity index (χ1) is 15.9. The third-order valence-corrected chi connectivity index (χ3v) is 6.66. The van der Waals surface area contributed by atoms with Gasteiger partial charge in [-0.1, -0.05) is 30.3 Å². The Morgan fingerprint density at radius 2 is 2.03 bits per heavy atom. The molecule has 3 aliphatic rings. The number of aromatic nitrogens is 4. The zero-order valence-electron chi connectivity index (χ0n) is 18.6. The van der Waals surface area contributed by atoms with Crippen LogP contribution in [-0.2, 0) is 23.8 Å². The summed E-state index contributed by atoms with van der Waals surface area (Å²) in [5.74, 6) is 0.682. The van der Waals surface area contributed by atoms with Crippen LogP contribution in [0.3, 0.4) is 0 Å². The van der Waals surface area contributed by atoms with Gasteiger partial charge in [-0.25, -0.2) is 4.98 Å². The second-order valence-corrected chi connectivity index (χ2v) is 9.42. The zero-order chi connectivity index (χ0) is 22.6. The Balaban J connectivity index is 1.35. The minimum absolute atomic E-state index is 0.0204. The Morgan fingerprint density at radius 3 is 2.73 bits per heavy atom. The van der Waals surface area contributed by atoms with E-state index in [9.17, 15) is 4.79 Å². The van der Waals surface area contributed by atoms with E-state index in [0.717, 1.165) is 29.7 Å². The molecular weight excluding hydrogens is 418 g/mol. The lowest BCUT2D eigenvalue weighted by Crippen LogP contribution is -2.45. The standard InChI is InChI=1S/C25H25N5O3/c1-24-14-25(15-24,16-33-24)20-12-30-11-18(23(31)27-21-8-9-29(2)28-21)19(10-22(30)26-20)32-13-17-6-4-3-5-7-17/h3-12H,13-16H2,1-2H3,(H,27,28,31). The van der Waals surface area contributed by atoms with Crippen LogP contribution < -0.4 is 10.1 Å². The number of rotatable bonds is 6. The fourth-order valence-corrected chi connectivity index (χ4v) is 5.11. The highest BCUT2D eigenvalue weighted by Crippen LogP contribution is 2.58. The average Bonchev–Trinajstić information content (AvgIpc) is 3.54. The molecule has 2 aliphatic heterocycles. The molecule has 0 atom stereocenters. The summed E-state index contributed by atoms with van der Waals surface area (Å²) in [6.07, 6.45) is 7.54. The van der Waals surface area contributed by atoms with Crippen LogP contribution in [0.15, 0.2) is 61.1 Å². The van der Waals surface area contributed by atoms with Gasteiger partial charge in [-0.05, 0) is 25.3 Å². The van der Waals surface area contributed by atoms with Gasteiger partial charge in [0.05, 0.1) is 23.5 Å². The maximum atomic E-state index is 13.2. The molecule has 7 rings (SSSR count). The first-order valence-electron chi connectivity index (χ1n) is 11.1. The number of carbonyl (C=O) groups excluding carboxylic acids is 1. The van der Waals surface area contributed by atoms with Gasteiger partial charge in [-0.2, -0.15) is 5.10 Å². The van der Waals surface area contributed by atoms with E-state index in [1.165, 1.54) is 0 Å². The van der Waals surface area contributed by atoms with Gasteiger partial charge in [0.15, 0.2) is 5.82 Å². The molecule has 1 N–H and O–H groups in total. The third kappa shape index (κ3) is 3.47. The SMILES string of the molecule is Cn1ccc(NC(=O)c2cn3cc(C45COC(C)(C4)C5)nc3cc2OCc2ccccc2)n1. The first kappa shape index (κ1) is 20.0. The summed E-state index contributed by atoms with van der Waals surface area (Å²) >= 11 is 0. The van der Waals surface area contributed by atoms with Crippen molar-refractivity contribution in [2.45, 2.75) is 37.4 Å². The molecule has 1 amide bonds. The van der Waals surface area contributed by atoms with E-state index in [1.54, 1.807) is 30.2 Å². The number of pyridine rings is 1. The van der Waals surface area contributed by atoms with Crippen LogP contribution >= 0.6 is 0 Å². The fraction of sp³-hybridized carbons (Fsp3) is 0.320. The molecule has 0 spiro atoms. The summed E-state index contributed by atoms with van der Waals surface area (Å²) in [5, 5.41) is 7.11. The Bertz CT molecular complexity index is 1350. The maximum absolute atomic E-state index is 13.2. The van der Waals surface area contributed by atoms with Crippen LogP contribution in [-0.4, -0.2) is 37.3 Å². The number of ether oxygens (including phenoxy) is 2. The molecule has 1 aromatic carbocycles. The number of fused-ring (bicyclic) bond motifs is 2. The minimum atomic E-state index is -0.285. The first-order valence-corrected chi connectivity index (χ1v) is 11.1. The van der Waals surface area contributed by atoms with Crippen molar-refractivity contribution in [1.82, 2.24) is 19.2 Å². The molecule has 3 aromatic heterocycles. The number of anilines is 1. The summed E-state index contributed by atoms with van der Waals surface area (Å²) in [7, 11) is 1.81. The van der Waals surface area contributed by atoms with Crippen molar-refractivity contribution >= 4 is 17.4 Å². The maximum Gasteiger partial charge on any atom is 0.262 e. The monoisotopic (exact) mass is 443 g/mol. The lowest BCUT2D eigenvalue weighted by Gasteiger charge is -2.41. The van der Waals surface area contributed by atoms with Crippen molar-refractivity contribution in [2.24, 2.45) is 7.05 Å². The highest BCUT2D eigenvalue weighted by Gasteiger charge is 2.61. The number of nitrogens with one attached hydrogen (secondary N) is 1. The van der Waals surface area contributed by atoms with E-state index in [2.05, 4.69) is 17.3 Å². The zero-order valence-corrected chi connectivity index (χ0v) is 18.6. The molecule has 33 heavy (non-hydrogen) atoms. The van der Waals surface area contributed by atoms with Crippen molar-refractivity contribution in [3.05, 3.63) is 77.9 Å². The van der Waals surface area contributed by atoms with Crippen LogP contribution in [0.2, 0.25) is 0 Å². The molecule has 4 aromatic rings. The van der Waals surface area contributed by atoms with Crippen LogP contribution in [0, 0.1) is 0 Å². The van der Waals surface area contributed by atoms with Gasteiger partial charge in [0.1, 0.15) is 18.0 Å². The van der Waals surface area contributed by atoms with Gasteiger partial charge < -0.3 is 19.2 Å². The molecule has 1 aliphatic carbocycles. The molecule has 3 fully saturated rings. The van der Waals surface area contributed by atoms with E-state index in [4.69, 9.17) is 14.5 Å². The van der Waals surface area contributed by atoms with Gasteiger partial charge in [0, 0.05) is 43.2 Å². The second-order valence-electron chi connectivity index (χ2n) is 9.42. The number of amides is 1. The lowest BCUT2D eigenvalue weighted by atomic mass is 9.62. The van der Waals surface area contributed by atoms with Gasteiger partial charge >= 0.3 is 0 Å². The predicted molar refractivity (Wildman–Crippen MR) is 122 cm³/mol. The molecule has 0 unspecified atom stereocenters. The van der Waals surface area contributed by atoms with E-state index in [0.29, 0.717) is 30.3 Å². The van der Waals surface area contributed by atoms with E-state index >= 15 is 0 Å². The van der Waals surface area contributed by atoms with Crippen molar-refractivity contribution in [3.63, 3.8) is 0 Å². The normalized spacial score (nSPS) is 23.5. The summed E-state index contributed by atoms with van der Waals surface area (Å²) < 4.78 is 15.6. The topological polar surface area (TPSA) is 82.7 Å². The average molecular weight is 444 g/mol. The summed E-state index contributed by atoms with van der Waals surface area (Å²) in [5.41, 5.74) is 3.15. The summed E-state index contributed by atoms with van der Waals surface area (Å²) in [6, 6.07) is 13.5. The molecule has 5 heterocycles. The second kappa shape index (κ2) is 7.18. The number of hydrogen-bond donors (Lipinski definition) is 1. The Labute approximate surface area is 191 Å². The molecule has 0 radical (unpaired) electrons. The van der Waals surface area contributed by atoms with Crippen molar-refractivity contribution in [3.8, 4) is 5.75 Å².